The number of ether oxygens (including phenoxy) is 1. The molecule has 3 nitrogen and oxygen atoms in total. The lowest BCUT2D eigenvalue weighted by molar-refractivity contribution is -0.158. The maximum absolute atomic E-state index is 11.4. The molecule has 0 bridgehead atoms. The van der Waals surface area contributed by atoms with Crippen LogP contribution in [0, 0.1) is 6.92 Å². The summed E-state index contributed by atoms with van der Waals surface area (Å²) >= 11 is 0. The molecule has 0 amide bonds. The SMILES string of the molecule is Cc1cccc(OC2(C(=O)O)CCCCC2)c1. The van der Waals surface area contributed by atoms with Crippen molar-refractivity contribution in [2.24, 2.45) is 0 Å². The molecule has 0 atom stereocenters. The molecule has 0 aliphatic heterocycles. The predicted octanol–water partition coefficient (Wildman–Crippen LogP) is 3.16. The molecule has 0 spiro atoms. The molecule has 0 aromatic heterocycles. The van der Waals surface area contributed by atoms with Gasteiger partial charge in [-0.25, -0.2) is 4.79 Å². The smallest absolute Gasteiger partial charge is 0.348 e. The van der Waals surface area contributed by atoms with Gasteiger partial charge in [-0.2, -0.15) is 0 Å². The van der Waals surface area contributed by atoms with Gasteiger partial charge in [-0.05, 0) is 50.3 Å². The summed E-state index contributed by atoms with van der Waals surface area (Å²) < 4.78 is 5.79. The van der Waals surface area contributed by atoms with Crippen LogP contribution in [0.15, 0.2) is 24.3 Å². The number of hydrogen-bond acceptors (Lipinski definition) is 2. The fourth-order valence-corrected chi connectivity index (χ4v) is 2.39. The van der Waals surface area contributed by atoms with Crippen molar-refractivity contribution < 1.29 is 14.6 Å². The summed E-state index contributed by atoms with van der Waals surface area (Å²) in [6, 6.07) is 7.58. The molecule has 1 N–H and O–H groups in total. The zero-order valence-electron chi connectivity index (χ0n) is 10.1. The molecule has 1 aromatic carbocycles. The number of aliphatic carboxylic acids is 1. The third kappa shape index (κ3) is 2.60. The molecule has 0 unspecified atom stereocenters. The van der Waals surface area contributed by atoms with Gasteiger partial charge in [0.05, 0.1) is 0 Å². The van der Waals surface area contributed by atoms with Crippen LogP contribution in [0.1, 0.15) is 37.7 Å². The minimum atomic E-state index is -1.01. The van der Waals surface area contributed by atoms with Crippen molar-refractivity contribution in [3.05, 3.63) is 29.8 Å². The molecule has 3 heteroatoms. The van der Waals surface area contributed by atoms with Gasteiger partial charge in [0.25, 0.3) is 0 Å². The fourth-order valence-electron chi connectivity index (χ4n) is 2.39. The first-order valence-corrected chi connectivity index (χ1v) is 6.11. The summed E-state index contributed by atoms with van der Waals surface area (Å²) in [5.41, 5.74) is 0.0744. The molecule has 1 fully saturated rings. The van der Waals surface area contributed by atoms with Crippen molar-refractivity contribution in [1.82, 2.24) is 0 Å². The topological polar surface area (TPSA) is 46.5 Å². The Morgan fingerprint density at radius 2 is 2.00 bits per heavy atom. The van der Waals surface area contributed by atoms with Gasteiger partial charge in [0.15, 0.2) is 0 Å². The summed E-state index contributed by atoms with van der Waals surface area (Å²) in [4.78, 5) is 11.4. The second-order valence-corrected chi connectivity index (χ2v) is 4.78. The fraction of sp³-hybridized carbons (Fsp3) is 0.500. The molecule has 2 rings (SSSR count). The summed E-state index contributed by atoms with van der Waals surface area (Å²) in [5, 5.41) is 9.39. The Morgan fingerprint density at radius 3 is 2.59 bits per heavy atom. The van der Waals surface area contributed by atoms with Gasteiger partial charge in [0.1, 0.15) is 5.75 Å². The highest BCUT2D eigenvalue weighted by Gasteiger charge is 2.42. The van der Waals surface area contributed by atoms with Crippen LogP contribution in [-0.4, -0.2) is 16.7 Å². The van der Waals surface area contributed by atoms with E-state index in [1.165, 1.54) is 0 Å². The van der Waals surface area contributed by atoms with Crippen molar-refractivity contribution in [3.8, 4) is 5.75 Å². The number of carbonyl (C=O) groups is 1. The van der Waals surface area contributed by atoms with Gasteiger partial charge in [-0.3, -0.25) is 0 Å². The zero-order chi connectivity index (χ0) is 12.3. The van der Waals surface area contributed by atoms with Gasteiger partial charge >= 0.3 is 5.97 Å². The van der Waals surface area contributed by atoms with Crippen LogP contribution in [0.4, 0.5) is 0 Å². The molecule has 0 heterocycles. The third-order valence-electron chi connectivity index (χ3n) is 3.35. The lowest BCUT2D eigenvalue weighted by Gasteiger charge is -2.33. The number of carboxylic acids is 1. The van der Waals surface area contributed by atoms with E-state index in [-0.39, 0.29) is 0 Å². The summed E-state index contributed by atoms with van der Waals surface area (Å²) in [5.74, 6) is -0.173. The van der Waals surface area contributed by atoms with E-state index >= 15 is 0 Å². The summed E-state index contributed by atoms with van der Waals surface area (Å²) in [6.45, 7) is 1.97. The monoisotopic (exact) mass is 234 g/mol. The third-order valence-corrected chi connectivity index (χ3v) is 3.35. The van der Waals surface area contributed by atoms with Crippen LogP contribution in [0.25, 0.3) is 0 Å². The Hall–Kier alpha value is -1.51. The minimum absolute atomic E-state index is 0.607. The molecule has 0 radical (unpaired) electrons. The van der Waals surface area contributed by atoms with E-state index in [0.717, 1.165) is 24.8 Å². The van der Waals surface area contributed by atoms with Gasteiger partial charge in [-0.15, -0.1) is 0 Å². The van der Waals surface area contributed by atoms with Crippen LogP contribution in [0.5, 0.6) is 5.75 Å². The number of carboxylic acid groups (broad SMARTS) is 1. The van der Waals surface area contributed by atoms with E-state index in [1.807, 2.05) is 31.2 Å². The van der Waals surface area contributed by atoms with E-state index in [2.05, 4.69) is 0 Å². The molecule has 0 saturated heterocycles. The maximum Gasteiger partial charge on any atom is 0.348 e. The lowest BCUT2D eigenvalue weighted by atomic mass is 9.84. The summed E-state index contributed by atoms with van der Waals surface area (Å²) in [6.07, 6.45) is 4.18. The Balaban J connectivity index is 2.20. The van der Waals surface area contributed by atoms with Crippen LogP contribution in [0.3, 0.4) is 0 Å². The minimum Gasteiger partial charge on any atom is -0.478 e. The van der Waals surface area contributed by atoms with Crippen LogP contribution >= 0.6 is 0 Å². The van der Waals surface area contributed by atoms with E-state index in [4.69, 9.17) is 4.74 Å². The molecular formula is C14H18O3. The van der Waals surface area contributed by atoms with Gasteiger partial charge in [0.2, 0.25) is 5.60 Å². The number of aryl methyl sites for hydroxylation is 1. The van der Waals surface area contributed by atoms with Crippen LogP contribution in [-0.2, 0) is 4.79 Å². The van der Waals surface area contributed by atoms with Crippen molar-refractivity contribution >= 4 is 5.97 Å². The standard InChI is InChI=1S/C14H18O3/c1-11-6-5-7-12(10-11)17-14(13(15)16)8-3-2-4-9-14/h5-7,10H,2-4,8-9H2,1H3,(H,15,16). The Labute approximate surface area is 101 Å². The quantitative estimate of drug-likeness (QED) is 0.873. The lowest BCUT2D eigenvalue weighted by Crippen LogP contribution is -2.46. The van der Waals surface area contributed by atoms with Crippen molar-refractivity contribution in [2.75, 3.05) is 0 Å². The average molecular weight is 234 g/mol. The van der Waals surface area contributed by atoms with E-state index in [1.54, 1.807) is 0 Å². The van der Waals surface area contributed by atoms with Crippen molar-refractivity contribution in [2.45, 2.75) is 44.6 Å². The highest BCUT2D eigenvalue weighted by atomic mass is 16.5. The largest absolute Gasteiger partial charge is 0.478 e. The highest BCUT2D eigenvalue weighted by molar-refractivity contribution is 5.78. The molecule has 17 heavy (non-hydrogen) atoms. The Morgan fingerprint density at radius 1 is 1.29 bits per heavy atom. The normalized spacial score (nSPS) is 18.6. The Bertz CT molecular complexity index is 406. The van der Waals surface area contributed by atoms with Gasteiger partial charge in [-0.1, -0.05) is 18.6 Å². The molecular weight excluding hydrogens is 216 g/mol. The first kappa shape index (κ1) is 12.0. The summed E-state index contributed by atoms with van der Waals surface area (Å²) in [7, 11) is 0. The van der Waals surface area contributed by atoms with Crippen molar-refractivity contribution in [3.63, 3.8) is 0 Å². The van der Waals surface area contributed by atoms with Gasteiger partial charge < -0.3 is 9.84 Å². The van der Waals surface area contributed by atoms with Crippen molar-refractivity contribution in [1.29, 1.82) is 0 Å². The number of rotatable bonds is 3. The molecule has 1 aromatic rings. The number of hydrogen-bond donors (Lipinski definition) is 1. The second kappa shape index (κ2) is 4.78. The van der Waals surface area contributed by atoms with E-state index in [0.29, 0.717) is 18.6 Å². The Kier molecular flexibility index (Phi) is 3.36. The molecule has 92 valence electrons. The van der Waals surface area contributed by atoms with Crippen LogP contribution < -0.4 is 4.74 Å². The van der Waals surface area contributed by atoms with E-state index in [9.17, 15) is 9.90 Å². The van der Waals surface area contributed by atoms with Gasteiger partial charge in [0, 0.05) is 0 Å². The predicted molar refractivity (Wildman–Crippen MR) is 65.3 cm³/mol. The first-order chi connectivity index (χ1) is 8.12. The second-order valence-electron chi connectivity index (χ2n) is 4.78. The maximum atomic E-state index is 11.4. The molecule has 1 saturated carbocycles. The molecule has 1 aliphatic carbocycles. The average Bonchev–Trinajstić information content (AvgIpc) is 2.30. The molecule has 1 aliphatic rings. The van der Waals surface area contributed by atoms with E-state index < -0.39 is 11.6 Å². The number of benzene rings is 1. The first-order valence-electron chi connectivity index (χ1n) is 6.11. The highest BCUT2D eigenvalue weighted by Crippen LogP contribution is 2.33. The zero-order valence-corrected chi connectivity index (χ0v) is 10.1. The van der Waals surface area contributed by atoms with Crippen LogP contribution in [0.2, 0.25) is 0 Å².